The molecule has 2 heterocycles. The van der Waals surface area contributed by atoms with Gasteiger partial charge in [0.15, 0.2) is 0 Å². The second-order valence-electron chi connectivity index (χ2n) is 4.37. The number of nitrogens with one attached hydrogen (secondary N) is 1. The first kappa shape index (κ1) is 11.6. The van der Waals surface area contributed by atoms with Gasteiger partial charge in [-0.1, -0.05) is 18.0 Å². The number of hydrogen-bond donors (Lipinski definition) is 1. The van der Waals surface area contributed by atoms with Crippen molar-refractivity contribution in [2.75, 3.05) is 13.6 Å². The molecule has 0 bridgehead atoms. The van der Waals surface area contributed by atoms with Crippen molar-refractivity contribution in [3.8, 4) is 0 Å². The third kappa shape index (κ3) is 2.62. The number of rotatable bonds is 2. The van der Waals surface area contributed by atoms with Crippen molar-refractivity contribution in [2.45, 2.75) is 31.7 Å². The van der Waals surface area contributed by atoms with E-state index in [1.165, 1.54) is 19.3 Å². The van der Waals surface area contributed by atoms with Crippen molar-refractivity contribution in [1.29, 1.82) is 0 Å². The second-order valence-corrected chi connectivity index (χ2v) is 4.78. The third-order valence-electron chi connectivity index (χ3n) is 3.18. The van der Waals surface area contributed by atoms with E-state index in [9.17, 15) is 4.79 Å². The molecule has 1 unspecified atom stereocenters. The van der Waals surface area contributed by atoms with E-state index in [0.29, 0.717) is 6.04 Å². The monoisotopic (exact) mass is 241 g/mol. The first-order valence-corrected chi connectivity index (χ1v) is 5.99. The molecule has 0 radical (unpaired) electrons. The first-order chi connectivity index (χ1) is 7.66. The van der Waals surface area contributed by atoms with Crippen LogP contribution >= 0.6 is 11.6 Å². The molecule has 4 nitrogen and oxygen atoms in total. The van der Waals surface area contributed by atoms with Crippen molar-refractivity contribution < 1.29 is 0 Å². The lowest BCUT2D eigenvalue weighted by Crippen LogP contribution is -2.38. The first-order valence-electron chi connectivity index (χ1n) is 5.61. The number of hydrogen-bond acceptors (Lipinski definition) is 3. The zero-order valence-electron chi connectivity index (χ0n) is 9.37. The molecule has 88 valence electrons. The molecule has 1 fully saturated rings. The van der Waals surface area contributed by atoms with Gasteiger partial charge < -0.3 is 4.90 Å². The maximum absolute atomic E-state index is 11.1. The Morgan fingerprint density at radius 1 is 1.62 bits per heavy atom. The maximum Gasteiger partial charge on any atom is 0.282 e. The minimum absolute atomic E-state index is 0.225. The summed E-state index contributed by atoms with van der Waals surface area (Å²) < 4.78 is 0. The number of nitrogens with zero attached hydrogens (tertiary/aromatic N) is 2. The van der Waals surface area contributed by atoms with E-state index in [2.05, 4.69) is 22.1 Å². The Hall–Kier alpha value is -0.870. The SMILES string of the molecule is CN1CCCCC1Cc1cc(Cl)c(=O)[nH]n1. The predicted molar refractivity (Wildman–Crippen MR) is 63.8 cm³/mol. The quantitative estimate of drug-likeness (QED) is 0.853. The predicted octanol–water partition coefficient (Wildman–Crippen LogP) is 1.45. The van der Waals surface area contributed by atoms with Gasteiger partial charge in [-0.05, 0) is 32.5 Å². The molecule has 1 aliphatic heterocycles. The number of likely N-dealkylation sites (N-methyl/N-ethyl adjacent to an activating group) is 1. The van der Waals surface area contributed by atoms with E-state index >= 15 is 0 Å². The summed E-state index contributed by atoms with van der Waals surface area (Å²) in [6.45, 7) is 1.14. The lowest BCUT2D eigenvalue weighted by Gasteiger charge is -2.32. The van der Waals surface area contributed by atoms with Gasteiger partial charge in [0, 0.05) is 12.5 Å². The van der Waals surface area contributed by atoms with Gasteiger partial charge in [0.05, 0.1) is 5.69 Å². The molecule has 0 aromatic carbocycles. The van der Waals surface area contributed by atoms with Gasteiger partial charge in [-0.15, -0.1) is 0 Å². The molecule has 2 rings (SSSR count). The van der Waals surface area contributed by atoms with Crippen LogP contribution in [0.25, 0.3) is 0 Å². The van der Waals surface area contributed by atoms with Crippen LogP contribution < -0.4 is 5.56 Å². The van der Waals surface area contributed by atoms with E-state index in [4.69, 9.17) is 11.6 Å². The van der Waals surface area contributed by atoms with Crippen LogP contribution in [0.5, 0.6) is 0 Å². The van der Waals surface area contributed by atoms with Crippen LogP contribution in [-0.4, -0.2) is 34.7 Å². The molecule has 1 aromatic rings. The summed E-state index contributed by atoms with van der Waals surface area (Å²) in [4.78, 5) is 13.4. The standard InChI is InChI=1S/C11H16ClN3O/c1-15-5-3-2-4-9(15)6-8-7-10(12)11(16)14-13-8/h7,9H,2-6H2,1H3,(H,14,16). The smallest absolute Gasteiger partial charge is 0.282 e. The van der Waals surface area contributed by atoms with Crippen molar-refractivity contribution in [2.24, 2.45) is 0 Å². The summed E-state index contributed by atoms with van der Waals surface area (Å²) in [6, 6.07) is 2.19. The Bertz CT molecular complexity index is 418. The van der Waals surface area contributed by atoms with E-state index in [0.717, 1.165) is 18.7 Å². The Labute approximate surface area is 99.6 Å². The number of likely N-dealkylation sites (tertiary alicyclic amines) is 1. The van der Waals surface area contributed by atoms with E-state index < -0.39 is 0 Å². The van der Waals surface area contributed by atoms with Crippen molar-refractivity contribution in [1.82, 2.24) is 15.1 Å². The lowest BCUT2D eigenvalue weighted by atomic mass is 9.99. The molecule has 5 heteroatoms. The number of halogens is 1. The fourth-order valence-corrected chi connectivity index (χ4v) is 2.34. The minimum Gasteiger partial charge on any atom is -0.303 e. The molecule has 1 aromatic heterocycles. The van der Waals surface area contributed by atoms with Crippen LogP contribution in [0.1, 0.15) is 25.0 Å². The lowest BCUT2D eigenvalue weighted by molar-refractivity contribution is 0.183. The number of aromatic nitrogens is 2. The summed E-state index contributed by atoms with van der Waals surface area (Å²) >= 11 is 5.77. The Kier molecular flexibility index (Phi) is 3.61. The molecular formula is C11H16ClN3O. The molecule has 16 heavy (non-hydrogen) atoms. The molecular weight excluding hydrogens is 226 g/mol. The van der Waals surface area contributed by atoms with Crippen LogP contribution in [0.4, 0.5) is 0 Å². The fourth-order valence-electron chi connectivity index (χ4n) is 2.17. The topological polar surface area (TPSA) is 49.0 Å². The van der Waals surface area contributed by atoms with Gasteiger partial charge in [0.25, 0.3) is 5.56 Å². The maximum atomic E-state index is 11.1. The van der Waals surface area contributed by atoms with Gasteiger partial charge in [0.1, 0.15) is 5.02 Å². The van der Waals surface area contributed by atoms with E-state index in [1.807, 2.05) is 0 Å². The molecule has 0 amide bonds. The minimum atomic E-state index is -0.317. The highest BCUT2D eigenvalue weighted by Gasteiger charge is 2.19. The molecule has 0 saturated carbocycles. The molecule has 0 spiro atoms. The summed E-state index contributed by atoms with van der Waals surface area (Å²) in [5.41, 5.74) is 0.547. The van der Waals surface area contributed by atoms with Gasteiger partial charge in [-0.3, -0.25) is 4.79 Å². The second kappa shape index (κ2) is 4.97. The van der Waals surface area contributed by atoms with E-state index in [1.54, 1.807) is 6.07 Å². The van der Waals surface area contributed by atoms with Crippen LogP contribution in [0.2, 0.25) is 5.02 Å². The van der Waals surface area contributed by atoms with Gasteiger partial charge in [-0.25, -0.2) is 5.10 Å². The third-order valence-corrected chi connectivity index (χ3v) is 3.46. The molecule has 0 aliphatic carbocycles. The Morgan fingerprint density at radius 2 is 2.44 bits per heavy atom. The van der Waals surface area contributed by atoms with Gasteiger partial charge in [-0.2, -0.15) is 5.10 Å². The van der Waals surface area contributed by atoms with Crippen LogP contribution in [-0.2, 0) is 6.42 Å². The summed E-state index contributed by atoms with van der Waals surface area (Å²) in [7, 11) is 2.14. The normalized spacial score (nSPS) is 22.2. The Balaban J connectivity index is 2.07. The highest BCUT2D eigenvalue weighted by molar-refractivity contribution is 6.30. The number of H-pyrrole nitrogens is 1. The van der Waals surface area contributed by atoms with E-state index in [-0.39, 0.29) is 10.6 Å². The fraction of sp³-hybridized carbons (Fsp3) is 0.636. The van der Waals surface area contributed by atoms with Crippen molar-refractivity contribution in [3.05, 3.63) is 27.1 Å². The highest BCUT2D eigenvalue weighted by atomic mass is 35.5. The van der Waals surface area contributed by atoms with Gasteiger partial charge in [0.2, 0.25) is 0 Å². The summed E-state index contributed by atoms with van der Waals surface area (Å²) in [5.74, 6) is 0. The average molecular weight is 242 g/mol. The number of aromatic amines is 1. The van der Waals surface area contributed by atoms with Crippen molar-refractivity contribution >= 4 is 11.6 Å². The summed E-state index contributed by atoms with van der Waals surface area (Å²) in [5, 5.41) is 6.66. The summed E-state index contributed by atoms with van der Waals surface area (Å²) in [6.07, 6.45) is 4.58. The highest BCUT2D eigenvalue weighted by Crippen LogP contribution is 2.18. The Morgan fingerprint density at radius 3 is 3.12 bits per heavy atom. The van der Waals surface area contributed by atoms with Crippen molar-refractivity contribution in [3.63, 3.8) is 0 Å². The van der Waals surface area contributed by atoms with Gasteiger partial charge >= 0.3 is 0 Å². The average Bonchev–Trinajstić information content (AvgIpc) is 2.27. The molecule has 1 aliphatic rings. The van der Waals surface area contributed by atoms with Crippen LogP contribution in [0.3, 0.4) is 0 Å². The zero-order chi connectivity index (χ0) is 11.5. The van der Waals surface area contributed by atoms with Crippen LogP contribution in [0, 0.1) is 0 Å². The van der Waals surface area contributed by atoms with Crippen LogP contribution in [0.15, 0.2) is 10.9 Å². The molecule has 1 atom stereocenters. The molecule has 1 saturated heterocycles. The zero-order valence-corrected chi connectivity index (χ0v) is 10.1. The number of piperidine rings is 1. The largest absolute Gasteiger partial charge is 0.303 e. The molecule has 1 N–H and O–H groups in total.